The number of unbranched alkanes of at least 4 members (excludes halogenated alkanes) is 1. The Labute approximate surface area is 88.4 Å². The summed E-state index contributed by atoms with van der Waals surface area (Å²) >= 11 is 0. The van der Waals surface area contributed by atoms with Crippen LogP contribution in [-0.2, 0) is 0 Å². The van der Waals surface area contributed by atoms with Gasteiger partial charge in [0, 0.05) is 0 Å². The molecule has 3 heteroatoms. The van der Waals surface area contributed by atoms with E-state index in [-0.39, 0.29) is 0 Å². The first-order valence-electron chi connectivity index (χ1n) is 5.79. The van der Waals surface area contributed by atoms with E-state index < -0.39 is 0 Å². The predicted octanol–water partition coefficient (Wildman–Crippen LogP) is 1.17. The van der Waals surface area contributed by atoms with Crippen LogP contribution in [0.1, 0.15) is 44.9 Å². The van der Waals surface area contributed by atoms with Crippen LogP contribution in [0.4, 0.5) is 0 Å². The highest BCUT2D eigenvalue weighted by Gasteiger charge is 2.07. The number of hydrogen-bond donors (Lipinski definition) is 3. The van der Waals surface area contributed by atoms with Crippen molar-refractivity contribution in [1.82, 2.24) is 0 Å². The first kappa shape index (κ1) is 13.9. The molecule has 0 bridgehead atoms. The molecule has 0 heterocycles. The van der Waals surface area contributed by atoms with E-state index in [0.717, 1.165) is 38.9 Å². The molecule has 0 spiro atoms. The highest BCUT2D eigenvalue weighted by Crippen LogP contribution is 2.21. The lowest BCUT2D eigenvalue weighted by molar-refractivity contribution is 0.576. The Bertz CT molecular complexity index is 98.7. The highest BCUT2D eigenvalue weighted by molar-refractivity contribution is 4.89. The van der Waals surface area contributed by atoms with Gasteiger partial charge in [0.05, 0.1) is 0 Å². The van der Waals surface area contributed by atoms with Crippen molar-refractivity contribution in [2.45, 2.75) is 44.9 Å². The fourth-order valence-electron chi connectivity index (χ4n) is 1.60. The monoisotopic (exact) mass is 200 g/mol. The van der Waals surface area contributed by atoms with Gasteiger partial charge in [-0.05, 0) is 64.1 Å². The van der Waals surface area contributed by atoms with E-state index in [2.05, 4.69) is 0 Å². The van der Waals surface area contributed by atoms with Crippen LogP contribution in [0.5, 0.6) is 0 Å². The summed E-state index contributed by atoms with van der Waals surface area (Å²) in [5.41, 5.74) is 16.5. The summed E-state index contributed by atoms with van der Waals surface area (Å²) in [6.07, 6.45) is 8.17. The molecule has 0 aromatic carbocycles. The van der Waals surface area contributed by atoms with E-state index in [1.165, 1.54) is 25.7 Å². The maximum Gasteiger partial charge on any atom is -0.00771 e. The minimum atomic E-state index is 0.795. The van der Waals surface area contributed by atoms with Crippen LogP contribution >= 0.6 is 0 Å². The van der Waals surface area contributed by atoms with Gasteiger partial charge in [0.15, 0.2) is 0 Å². The molecule has 0 unspecified atom stereocenters. The smallest absolute Gasteiger partial charge is 0.00771 e. The molecular weight excluding hydrogens is 174 g/mol. The van der Waals surface area contributed by atoms with Gasteiger partial charge in [-0.25, -0.2) is 0 Å². The van der Waals surface area contributed by atoms with Crippen molar-refractivity contribution < 1.29 is 0 Å². The third-order valence-electron chi connectivity index (χ3n) is 2.45. The van der Waals surface area contributed by atoms with Crippen molar-refractivity contribution in [1.29, 1.82) is 0 Å². The van der Waals surface area contributed by atoms with Crippen molar-refractivity contribution in [3.05, 3.63) is 5.92 Å². The van der Waals surface area contributed by atoms with E-state index in [1.54, 1.807) is 5.92 Å². The molecule has 0 aliphatic heterocycles. The van der Waals surface area contributed by atoms with Crippen LogP contribution in [0.15, 0.2) is 0 Å². The number of rotatable bonds is 10. The molecule has 0 rings (SSSR count). The molecule has 0 atom stereocenters. The first-order chi connectivity index (χ1) is 6.85. The van der Waals surface area contributed by atoms with Crippen molar-refractivity contribution in [2.75, 3.05) is 19.6 Å². The zero-order valence-electron chi connectivity index (χ0n) is 9.30. The molecule has 0 amide bonds. The van der Waals surface area contributed by atoms with Gasteiger partial charge in [0.1, 0.15) is 0 Å². The second kappa shape index (κ2) is 11.0. The Kier molecular flexibility index (Phi) is 10.9. The lowest BCUT2D eigenvalue weighted by Crippen LogP contribution is -2.08. The van der Waals surface area contributed by atoms with Gasteiger partial charge >= 0.3 is 0 Å². The molecule has 0 aromatic rings. The minimum Gasteiger partial charge on any atom is -0.330 e. The van der Waals surface area contributed by atoms with Crippen LogP contribution in [-0.4, -0.2) is 19.6 Å². The molecule has 0 aliphatic rings. The molecule has 85 valence electrons. The van der Waals surface area contributed by atoms with E-state index in [1.807, 2.05) is 0 Å². The average Bonchev–Trinajstić information content (AvgIpc) is 2.21. The largest absolute Gasteiger partial charge is 0.330 e. The van der Waals surface area contributed by atoms with Crippen molar-refractivity contribution >= 4 is 0 Å². The van der Waals surface area contributed by atoms with Crippen molar-refractivity contribution in [3.8, 4) is 0 Å². The van der Waals surface area contributed by atoms with E-state index in [9.17, 15) is 0 Å². The molecule has 0 saturated heterocycles. The van der Waals surface area contributed by atoms with Gasteiger partial charge in [-0.3, -0.25) is 0 Å². The normalized spacial score (nSPS) is 11.1. The molecule has 0 saturated carbocycles. The molecule has 1 radical (unpaired) electrons. The van der Waals surface area contributed by atoms with Crippen molar-refractivity contribution in [2.24, 2.45) is 17.2 Å². The highest BCUT2D eigenvalue weighted by atomic mass is 14.5. The van der Waals surface area contributed by atoms with Gasteiger partial charge in [0.25, 0.3) is 0 Å². The second-order valence-electron chi connectivity index (χ2n) is 3.78. The summed E-state index contributed by atoms with van der Waals surface area (Å²) in [7, 11) is 0. The van der Waals surface area contributed by atoms with Crippen molar-refractivity contribution in [3.63, 3.8) is 0 Å². The van der Waals surface area contributed by atoms with Gasteiger partial charge in [0.2, 0.25) is 0 Å². The Balaban J connectivity index is 3.49. The fourth-order valence-corrected chi connectivity index (χ4v) is 1.60. The summed E-state index contributed by atoms with van der Waals surface area (Å²) in [6, 6.07) is 0. The van der Waals surface area contributed by atoms with Crippen LogP contribution in [0, 0.1) is 5.92 Å². The molecule has 14 heavy (non-hydrogen) atoms. The molecule has 0 fully saturated rings. The average molecular weight is 200 g/mol. The number of hydrogen-bond acceptors (Lipinski definition) is 3. The zero-order valence-corrected chi connectivity index (χ0v) is 9.30. The maximum absolute atomic E-state index is 5.50. The van der Waals surface area contributed by atoms with Gasteiger partial charge in [-0.2, -0.15) is 0 Å². The van der Waals surface area contributed by atoms with E-state index >= 15 is 0 Å². The summed E-state index contributed by atoms with van der Waals surface area (Å²) in [6.45, 7) is 2.40. The fraction of sp³-hybridized carbons (Fsp3) is 0.909. The Morgan fingerprint density at radius 3 is 1.43 bits per heavy atom. The Hall–Kier alpha value is -0.120. The lowest BCUT2D eigenvalue weighted by atomic mass is 9.92. The Morgan fingerprint density at radius 2 is 1.00 bits per heavy atom. The number of nitrogens with two attached hydrogens (primary N) is 3. The SMILES string of the molecule is NCCCC[C](CCCN)CCCN. The zero-order chi connectivity index (χ0) is 10.6. The van der Waals surface area contributed by atoms with E-state index in [4.69, 9.17) is 17.2 Å². The molecule has 3 nitrogen and oxygen atoms in total. The maximum atomic E-state index is 5.50. The molecule has 0 aliphatic carbocycles. The summed E-state index contributed by atoms with van der Waals surface area (Å²) in [4.78, 5) is 0. The Morgan fingerprint density at radius 1 is 0.571 bits per heavy atom. The summed E-state index contributed by atoms with van der Waals surface area (Å²) in [5, 5.41) is 0. The topological polar surface area (TPSA) is 78.1 Å². The molecule has 0 aromatic heterocycles. The van der Waals surface area contributed by atoms with Crippen LogP contribution in [0.2, 0.25) is 0 Å². The third-order valence-corrected chi connectivity index (χ3v) is 2.45. The summed E-state index contributed by atoms with van der Waals surface area (Å²) in [5.74, 6) is 1.63. The van der Waals surface area contributed by atoms with Crippen LogP contribution in [0.25, 0.3) is 0 Å². The third kappa shape index (κ3) is 8.48. The predicted molar refractivity (Wildman–Crippen MR) is 62.7 cm³/mol. The van der Waals surface area contributed by atoms with Crippen LogP contribution in [0.3, 0.4) is 0 Å². The standard InChI is InChI=1S/C11H26N3/c12-8-2-1-5-11(6-3-9-13)7-4-10-14/h1-10,12-14H2. The van der Waals surface area contributed by atoms with Gasteiger partial charge < -0.3 is 17.2 Å². The first-order valence-corrected chi connectivity index (χ1v) is 5.79. The molecular formula is C11H26N3. The second-order valence-corrected chi connectivity index (χ2v) is 3.78. The minimum absolute atomic E-state index is 0.795. The summed E-state index contributed by atoms with van der Waals surface area (Å²) < 4.78 is 0. The van der Waals surface area contributed by atoms with Crippen LogP contribution < -0.4 is 17.2 Å². The lowest BCUT2D eigenvalue weighted by Gasteiger charge is -2.15. The van der Waals surface area contributed by atoms with Gasteiger partial charge in [-0.15, -0.1) is 0 Å². The molecule has 6 N–H and O–H groups in total. The van der Waals surface area contributed by atoms with Gasteiger partial charge in [-0.1, -0.05) is 6.42 Å². The van der Waals surface area contributed by atoms with E-state index in [0.29, 0.717) is 0 Å². The quantitative estimate of drug-likeness (QED) is 0.463.